The summed E-state index contributed by atoms with van der Waals surface area (Å²) in [6, 6.07) is 18.4. The summed E-state index contributed by atoms with van der Waals surface area (Å²) in [5, 5.41) is 20.7. The molecular weight excluding hydrogens is 458 g/mol. The largest absolute Gasteiger partial charge is 0.507 e. The second-order valence-electron chi connectivity index (χ2n) is 7.71. The number of ketones is 1. The van der Waals surface area contributed by atoms with Crippen LogP contribution in [0.2, 0.25) is 5.02 Å². The van der Waals surface area contributed by atoms with Crippen LogP contribution in [-0.2, 0) is 16.1 Å². The number of amides is 1. The van der Waals surface area contributed by atoms with E-state index in [-0.39, 0.29) is 23.4 Å². The highest BCUT2D eigenvalue weighted by Crippen LogP contribution is 2.40. The lowest BCUT2D eigenvalue weighted by atomic mass is 9.95. The molecule has 0 saturated carbocycles. The van der Waals surface area contributed by atoms with Gasteiger partial charge < -0.3 is 19.8 Å². The third-order valence-electron chi connectivity index (χ3n) is 5.64. The third kappa shape index (κ3) is 4.38. The van der Waals surface area contributed by atoms with Gasteiger partial charge >= 0.3 is 5.97 Å². The van der Waals surface area contributed by atoms with Crippen LogP contribution in [0.5, 0.6) is 5.75 Å². The van der Waals surface area contributed by atoms with Crippen molar-refractivity contribution >= 4 is 35.0 Å². The standard InChI is InChI=1S/C26H20ClNO6/c1-34-20-12-8-16(9-13-20)22-21(23(29)17-6-10-19(27)11-7-17)24(30)25(31)28(22)14-15-2-4-18(5-3-15)26(32)33/h2-13,22,29H,14H2,1H3,(H,32,33)/b23-21+. The van der Waals surface area contributed by atoms with E-state index >= 15 is 0 Å². The molecule has 1 amide bonds. The fourth-order valence-corrected chi connectivity index (χ4v) is 4.01. The number of benzene rings is 3. The number of hydrogen-bond acceptors (Lipinski definition) is 5. The molecule has 0 aliphatic carbocycles. The lowest BCUT2D eigenvalue weighted by molar-refractivity contribution is -0.140. The van der Waals surface area contributed by atoms with Gasteiger partial charge in [0.15, 0.2) is 0 Å². The number of Topliss-reactive ketones (excluding diaryl/α,β-unsaturated/α-hetero) is 1. The molecule has 172 valence electrons. The van der Waals surface area contributed by atoms with Crippen molar-refractivity contribution in [3.63, 3.8) is 0 Å². The summed E-state index contributed by atoms with van der Waals surface area (Å²) in [4.78, 5) is 38.7. The van der Waals surface area contributed by atoms with E-state index in [0.29, 0.717) is 27.5 Å². The van der Waals surface area contributed by atoms with Crippen LogP contribution in [-0.4, -0.2) is 39.9 Å². The monoisotopic (exact) mass is 477 g/mol. The van der Waals surface area contributed by atoms with Crippen LogP contribution in [0.1, 0.15) is 33.1 Å². The number of halogens is 1. The normalized spacial score (nSPS) is 17.1. The topological polar surface area (TPSA) is 104 Å². The zero-order chi connectivity index (χ0) is 24.4. The minimum absolute atomic E-state index is 0.0402. The maximum atomic E-state index is 13.1. The summed E-state index contributed by atoms with van der Waals surface area (Å²) in [7, 11) is 1.53. The lowest BCUT2D eigenvalue weighted by Gasteiger charge is -2.25. The molecule has 3 aromatic carbocycles. The van der Waals surface area contributed by atoms with E-state index in [1.165, 1.54) is 24.1 Å². The van der Waals surface area contributed by atoms with Crippen LogP contribution in [0.15, 0.2) is 78.4 Å². The summed E-state index contributed by atoms with van der Waals surface area (Å²) in [5.74, 6) is -2.34. The van der Waals surface area contributed by atoms with E-state index in [4.69, 9.17) is 21.4 Å². The summed E-state index contributed by atoms with van der Waals surface area (Å²) in [5.41, 5.74) is 1.67. The highest BCUT2D eigenvalue weighted by Gasteiger charge is 2.46. The number of carbonyl (C=O) groups excluding carboxylic acids is 2. The first-order valence-corrected chi connectivity index (χ1v) is 10.7. The smallest absolute Gasteiger partial charge is 0.335 e. The average Bonchev–Trinajstić information content (AvgIpc) is 3.09. The molecule has 0 aromatic heterocycles. The quantitative estimate of drug-likeness (QED) is 0.304. The number of nitrogens with zero attached hydrogens (tertiary/aromatic N) is 1. The molecule has 0 radical (unpaired) electrons. The minimum atomic E-state index is -1.06. The number of aliphatic hydroxyl groups excluding tert-OH is 1. The van der Waals surface area contributed by atoms with Gasteiger partial charge in [0, 0.05) is 17.1 Å². The summed E-state index contributed by atoms with van der Waals surface area (Å²) in [6.45, 7) is 0.0402. The van der Waals surface area contributed by atoms with Crippen molar-refractivity contribution in [2.24, 2.45) is 0 Å². The maximum absolute atomic E-state index is 13.1. The van der Waals surface area contributed by atoms with E-state index in [1.807, 2.05) is 0 Å². The van der Waals surface area contributed by atoms with Crippen molar-refractivity contribution in [2.75, 3.05) is 7.11 Å². The molecule has 0 spiro atoms. The Morgan fingerprint density at radius 1 is 0.912 bits per heavy atom. The first-order chi connectivity index (χ1) is 16.3. The van der Waals surface area contributed by atoms with Crippen LogP contribution in [0.3, 0.4) is 0 Å². The Morgan fingerprint density at radius 3 is 2.06 bits per heavy atom. The van der Waals surface area contributed by atoms with Gasteiger partial charge in [0.2, 0.25) is 0 Å². The van der Waals surface area contributed by atoms with Crippen LogP contribution >= 0.6 is 11.6 Å². The first kappa shape index (κ1) is 23.1. The van der Waals surface area contributed by atoms with E-state index in [2.05, 4.69) is 0 Å². The minimum Gasteiger partial charge on any atom is -0.507 e. The number of likely N-dealkylation sites (tertiary alicyclic amines) is 1. The third-order valence-corrected chi connectivity index (χ3v) is 5.89. The number of aliphatic hydroxyl groups is 1. The van der Waals surface area contributed by atoms with Gasteiger partial charge in [-0.15, -0.1) is 0 Å². The number of rotatable bonds is 6. The Hall–Kier alpha value is -4.10. The Balaban J connectivity index is 1.81. The van der Waals surface area contributed by atoms with Crippen molar-refractivity contribution in [3.8, 4) is 5.75 Å². The van der Waals surface area contributed by atoms with Crippen LogP contribution in [0.4, 0.5) is 0 Å². The van der Waals surface area contributed by atoms with Gasteiger partial charge in [0.1, 0.15) is 11.5 Å². The summed E-state index contributed by atoms with van der Waals surface area (Å²) < 4.78 is 5.21. The first-order valence-electron chi connectivity index (χ1n) is 10.3. The molecule has 0 bridgehead atoms. The number of carboxylic acid groups (broad SMARTS) is 1. The highest BCUT2D eigenvalue weighted by molar-refractivity contribution is 6.46. The molecule has 8 heteroatoms. The molecule has 2 N–H and O–H groups in total. The molecule has 1 unspecified atom stereocenters. The lowest BCUT2D eigenvalue weighted by Crippen LogP contribution is -2.29. The van der Waals surface area contributed by atoms with Crippen LogP contribution in [0, 0.1) is 0 Å². The van der Waals surface area contributed by atoms with Gasteiger partial charge in [-0.2, -0.15) is 0 Å². The van der Waals surface area contributed by atoms with Crippen molar-refractivity contribution in [2.45, 2.75) is 12.6 Å². The van der Waals surface area contributed by atoms with Crippen molar-refractivity contribution in [1.29, 1.82) is 0 Å². The average molecular weight is 478 g/mol. The number of carbonyl (C=O) groups is 3. The van der Waals surface area contributed by atoms with E-state index in [1.54, 1.807) is 60.7 Å². The predicted octanol–water partition coefficient (Wildman–Crippen LogP) is 4.67. The molecular formula is C26H20ClNO6. The zero-order valence-corrected chi connectivity index (χ0v) is 18.8. The number of hydrogen-bond donors (Lipinski definition) is 2. The van der Waals surface area contributed by atoms with Gasteiger partial charge in [-0.3, -0.25) is 9.59 Å². The Labute approximate surface area is 200 Å². The fraction of sp³-hybridized carbons (Fsp3) is 0.115. The number of aromatic carboxylic acids is 1. The number of methoxy groups -OCH3 is 1. The van der Waals surface area contributed by atoms with Gasteiger partial charge in [-0.25, -0.2) is 4.79 Å². The predicted molar refractivity (Wildman–Crippen MR) is 126 cm³/mol. The Morgan fingerprint density at radius 2 is 1.50 bits per heavy atom. The van der Waals surface area contributed by atoms with Gasteiger partial charge in [0.25, 0.3) is 11.7 Å². The molecule has 1 saturated heterocycles. The van der Waals surface area contributed by atoms with E-state index in [0.717, 1.165) is 0 Å². The number of carboxylic acids is 1. The number of ether oxygens (including phenoxy) is 1. The van der Waals surface area contributed by atoms with Crippen LogP contribution < -0.4 is 4.74 Å². The van der Waals surface area contributed by atoms with Crippen molar-refractivity contribution in [3.05, 3.63) is 106 Å². The van der Waals surface area contributed by atoms with Crippen LogP contribution in [0.25, 0.3) is 5.76 Å². The summed E-state index contributed by atoms with van der Waals surface area (Å²) >= 11 is 5.95. The second kappa shape index (κ2) is 9.41. The van der Waals surface area contributed by atoms with Gasteiger partial charge in [-0.05, 0) is 59.7 Å². The zero-order valence-electron chi connectivity index (χ0n) is 18.1. The Kier molecular flexibility index (Phi) is 6.38. The van der Waals surface area contributed by atoms with Gasteiger partial charge in [-0.1, -0.05) is 35.9 Å². The fourth-order valence-electron chi connectivity index (χ4n) is 3.89. The molecule has 3 aromatic rings. The van der Waals surface area contributed by atoms with E-state index in [9.17, 15) is 19.5 Å². The van der Waals surface area contributed by atoms with Crippen molar-refractivity contribution in [1.82, 2.24) is 4.90 Å². The SMILES string of the molecule is COc1ccc(C2/C(=C(\O)c3ccc(Cl)cc3)C(=O)C(=O)N2Cc2ccc(C(=O)O)cc2)cc1. The molecule has 4 rings (SSSR count). The second-order valence-corrected chi connectivity index (χ2v) is 8.15. The van der Waals surface area contributed by atoms with Crippen molar-refractivity contribution < 1.29 is 29.3 Å². The summed E-state index contributed by atoms with van der Waals surface area (Å²) in [6.07, 6.45) is 0. The van der Waals surface area contributed by atoms with Gasteiger partial charge in [0.05, 0.1) is 24.3 Å². The maximum Gasteiger partial charge on any atom is 0.335 e. The molecule has 1 fully saturated rings. The molecule has 1 aliphatic heterocycles. The van der Waals surface area contributed by atoms with E-state index < -0.39 is 23.7 Å². The molecule has 7 nitrogen and oxygen atoms in total. The Bertz CT molecular complexity index is 1280. The molecule has 1 atom stereocenters. The molecule has 1 heterocycles. The molecule has 34 heavy (non-hydrogen) atoms. The highest BCUT2D eigenvalue weighted by atomic mass is 35.5. The molecule has 1 aliphatic rings.